The maximum atomic E-state index is 11.4. The zero-order valence-electron chi connectivity index (χ0n) is 11.2. The van der Waals surface area contributed by atoms with E-state index >= 15 is 0 Å². The molecule has 1 fully saturated rings. The van der Waals surface area contributed by atoms with Crippen LogP contribution in [0.3, 0.4) is 0 Å². The molecule has 2 aromatic rings. The quantitative estimate of drug-likeness (QED) is 0.932. The molecule has 0 spiro atoms. The van der Waals surface area contributed by atoms with Crippen LogP contribution in [0.4, 0.5) is 0 Å². The Labute approximate surface area is 115 Å². The van der Waals surface area contributed by atoms with Gasteiger partial charge in [0, 0.05) is 16.2 Å². The fourth-order valence-corrected chi connectivity index (χ4v) is 3.36. The van der Waals surface area contributed by atoms with Crippen LogP contribution in [0, 0.1) is 5.41 Å². The molecule has 100 valence electrons. The van der Waals surface area contributed by atoms with Gasteiger partial charge < -0.3 is 5.11 Å². The van der Waals surface area contributed by atoms with Gasteiger partial charge in [-0.05, 0) is 24.3 Å². The molecule has 0 amide bonds. The minimum absolute atomic E-state index is 0.152. The number of thiophene rings is 1. The van der Waals surface area contributed by atoms with E-state index in [0.717, 1.165) is 22.5 Å². The lowest BCUT2D eigenvalue weighted by Crippen LogP contribution is -2.06. The van der Waals surface area contributed by atoms with Crippen molar-refractivity contribution >= 4 is 27.5 Å². The summed E-state index contributed by atoms with van der Waals surface area (Å²) in [5.41, 5.74) is 0.354. The highest BCUT2D eigenvalue weighted by atomic mass is 32.1. The maximum absolute atomic E-state index is 11.4. The molecule has 5 heteroatoms. The summed E-state index contributed by atoms with van der Waals surface area (Å²) in [6.45, 7) is 6.39. The molecule has 1 unspecified atom stereocenters. The van der Waals surface area contributed by atoms with Crippen LogP contribution in [0.2, 0.25) is 0 Å². The van der Waals surface area contributed by atoms with E-state index in [1.165, 1.54) is 0 Å². The molecule has 0 radical (unpaired) electrons. The van der Waals surface area contributed by atoms with E-state index in [-0.39, 0.29) is 11.1 Å². The lowest BCUT2D eigenvalue weighted by molar-refractivity contribution is 0.0692. The summed E-state index contributed by atoms with van der Waals surface area (Å²) in [6.07, 6.45) is 1.92. The topological polar surface area (TPSA) is 63.1 Å². The SMILES string of the molecule is CCc1cc2c(C(=O)O)nc(C3CC3(C)C)nc2s1. The Hall–Kier alpha value is -1.49. The van der Waals surface area contributed by atoms with Crippen molar-refractivity contribution in [3.63, 3.8) is 0 Å². The summed E-state index contributed by atoms with van der Waals surface area (Å²) in [5, 5.41) is 10.0. The van der Waals surface area contributed by atoms with E-state index in [2.05, 4.69) is 30.7 Å². The van der Waals surface area contributed by atoms with Gasteiger partial charge in [-0.2, -0.15) is 0 Å². The number of hydrogen-bond donors (Lipinski definition) is 1. The fraction of sp³-hybridized carbons (Fsp3) is 0.500. The van der Waals surface area contributed by atoms with Crippen LogP contribution >= 0.6 is 11.3 Å². The molecular weight excluding hydrogens is 260 g/mol. The van der Waals surface area contributed by atoms with Gasteiger partial charge in [-0.3, -0.25) is 0 Å². The normalized spacial score (nSPS) is 20.7. The molecule has 1 N–H and O–H groups in total. The van der Waals surface area contributed by atoms with E-state index in [1.807, 2.05) is 6.07 Å². The predicted octanol–water partition coefficient (Wildman–Crippen LogP) is 3.47. The molecule has 3 rings (SSSR count). The van der Waals surface area contributed by atoms with Crippen molar-refractivity contribution < 1.29 is 9.90 Å². The molecule has 1 atom stereocenters. The number of carboxylic acid groups (broad SMARTS) is 1. The van der Waals surface area contributed by atoms with Crippen LogP contribution in [0.1, 0.15) is 54.3 Å². The Balaban J connectivity index is 2.18. The number of aromatic carboxylic acids is 1. The molecule has 0 bridgehead atoms. The van der Waals surface area contributed by atoms with E-state index in [4.69, 9.17) is 0 Å². The van der Waals surface area contributed by atoms with Gasteiger partial charge in [-0.25, -0.2) is 14.8 Å². The average molecular weight is 276 g/mol. The predicted molar refractivity (Wildman–Crippen MR) is 74.9 cm³/mol. The number of hydrogen-bond acceptors (Lipinski definition) is 4. The molecule has 19 heavy (non-hydrogen) atoms. The summed E-state index contributed by atoms with van der Waals surface area (Å²) in [4.78, 5) is 22.2. The van der Waals surface area contributed by atoms with Crippen LogP contribution in [0.5, 0.6) is 0 Å². The van der Waals surface area contributed by atoms with Crippen molar-refractivity contribution in [1.82, 2.24) is 9.97 Å². The lowest BCUT2D eigenvalue weighted by Gasteiger charge is -2.04. The van der Waals surface area contributed by atoms with Gasteiger partial charge in [0.25, 0.3) is 0 Å². The van der Waals surface area contributed by atoms with E-state index in [9.17, 15) is 9.90 Å². The number of carbonyl (C=O) groups is 1. The molecule has 1 saturated carbocycles. The number of aryl methyl sites for hydroxylation is 1. The Morgan fingerprint density at radius 3 is 2.74 bits per heavy atom. The molecule has 1 aliphatic carbocycles. The summed E-state index contributed by atoms with van der Waals surface area (Å²) in [5.74, 6) is 0.0224. The average Bonchev–Trinajstić information content (AvgIpc) is 2.82. The van der Waals surface area contributed by atoms with E-state index < -0.39 is 5.97 Å². The third-order valence-corrected chi connectivity index (χ3v) is 5.01. The standard InChI is InChI=1S/C14H16N2O2S/c1-4-7-5-8-10(13(17)18)15-11(16-12(8)19-7)9-6-14(9,2)3/h5,9H,4,6H2,1-3H3,(H,17,18). The number of nitrogens with zero attached hydrogens (tertiary/aromatic N) is 2. The molecule has 1 aliphatic rings. The Kier molecular flexibility index (Phi) is 2.64. The number of rotatable bonds is 3. The lowest BCUT2D eigenvalue weighted by atomic mass is 10.1. The van der Waals surface area contributed by atoms with Gasteiger partial charge in [0.15, 0.2) is 5.69 Å². The molecule has 2 aromatic heterocycles. The Morgan fingerprint density at radius 2 is 2.21 bits per heavy atom. The van der Waals surface area contributed by atoms with Crippen molar-refractivity contribution in [1.29, 1.82) is 0 Å². The monoisotopic (exact) mass is 276 g/mol. The zero-order chi connectivity index (χ0) is 13.8. The first-order valence-corrected chi connectivity index (χ1v) is 7.27. The minimum Gasteiger partial charge on any atom is -0.476 e. The van der Waals surface area contributed by atoms with Crippen LogP contribution in [0.15, 0.2) is 6.07 Å². The number of carboxylic acids is 1. The van der Waals surface area contributed by atoms with Crippen molar-refractivity contribution in [2.75, 3.05) is 0 Å². The van der Waals surface area contributed by atoms with Crippen molar-refractivity contribution in [2.45, 2.75) is 39.5 Å². The van der Waals surface area contributed by atoms with Gasteiger partial charge in [-0.1, -0.05) is 20.8 Å². The fourth-order valence-electron chi connectivity index (χ4n) is 2.39. The molecule has 2 heterocycles. The Bertz CT molecular complexity index is 675. The van der Waals surface area contributed by atoms with Gasteiger partial charge in [-0.15, -0.1) is 11.3 Å². The van der Waals surface area contributed by atoms with Crippen LogP contribution in [-0.2, 0) is 6.42 Å². The second-order valence-corrected chi connectivity index (χ2v) is 6.88. The summed E-state index contributed by atoms with van der Waals surface area (Å²) in [7, 11) is 0. The third-order valence-electron chi connectivity index (χ3n) is 3.84. The molecule has 0 aromatic carbocycles. The smallest absolute Gasteiger partial charge is 0.355 e. The van der Waals surface area contributed by atoms with Gasteiger partial charge in [0.2, 0.25) is 0 Å². The van der Waals surface area contributed by atoms with Crippen LogP contribution in [0.25, 0.3) is 10.2 Å². The highest BCUT2D eigenvalue weighted by molar-refractivity contribution is 7.18. The van der Waals surface area contributed by atoms with Crippen molar-refractivity contribution in [3.8, 4) is 0 Å². The van der Waals surface area contributed by atoms with Crippen LogP contribution in [-0.4, -0.2) is 21.0 Å². The van der Waals surface area contributed by atoms with E-state index in [0.29, 0.717) is 17.1 Å². The van der Waals surface area contributed by atoms with Crippen LogP contribution < -0.4 is 0 Å². The summed E-state index contributed by atoms with van der Waals surface area (Å²) >= 11 is 1.57. The second-order valence-electron chi connectivity index (χ2n) is 5.77. The highest BCUT2D eigenvalue weighted by Gasteiger charge is 2.49. The minimum atomic E-state index is -0.965. The van der Waals surface area contributed by atoms with Gasteiger partial charge in [0.05, 0.1) is 0 Å². The molecule has 4 nitrogen and oxygen atoms in total. The summed E-state index contributed by atoms with van der Waals surface area (Å²) in [6, 6.07) is 1.91. The first-order valence-electron chi connectivity index (χ1n) is 6.46. The summed E-state index contributed by atoms with van der Waals surface area (Å²) < 4.78 is 0. The third kappa shape index (κ3) is 2.02. The highest BCUT2D eigenvalue weighted by Crippen LogP contribution is 2.57. The number of fused-ring (bicyclic) bond motifs is 1. The number of aromatic nitrogens is 2. The van der Waals surface area contributed by atoms with Crippen molar-refractivity contribution in [2.24, 2.45) is 5.41 Å². The molecule has 0 aliphatic heterocycles. The first kappa shape index (κ1) is 12.5. The zero-order valence-corrected chi connectivity index (χ0v) is 12.0. The second kappa shape index (κ2) is 4.00. The van der Waals surface area contributed by atoms with Crippen molar-refractivity contribution in [3.05, 3.63) is 22.5 Å². The largest absolute Gasteiger partial charge is 0.476 e. The van der Waals surface area contributed by atoms with Gasteiger partial charge >= 0.3 is 5.97 Å². The molecule has 0 saturated heterocycles. The maximum Gasteiger partial charge on any atom is 0.355 e. The Morgan fingerprint density at radius 1 is 1.53 bits per heavy atom. The van der Waals surface area contributed by atoms with E-state index in [1.54, 1.807) is 11.3 Å². The first-order chi connectivity index (χ1) is 8.92. The molecular formula is C14H16N2O2S. The van der Waals surface area contributed by atoms with Gasteiger partial charge in [0.1, 0.15) is 10.7 Å².